The quantitative estimate of drug-likeness (QED) is 0.782. The monoisotopic (exact) mass is 411 g/mol. The second kappa shape index (κ2) is 10.0. The lowest BCUT2D eigenvalue weighted by Gasteiger charge is -2.15. The van der Waals surface area contributed by atoms with E-state index in [1.807, 2.05) is 11.8 Å². The van der Waals surface area contributed by atoms with Crippen LogP contribution in [0.25, 0.3) is 0 Å². The third kappa shape index (κ3) is 6.17. The fourth-order valence-corrected chi connectivity index (χ4v) is 2.95. The van der Waals surface area contributed by atoms with Crippen molar-refractivity contribution in [1.82, 2.24) is 14.9 Å². The predicted octanol–water partition coefficient (Wildman–Crippen LogP) is 3.18. The molecule has 1 aliphatic heterocycles. The number of aromatic nitrogens is 2. The van der Waals surface area contributed by atoms with Crippen LogP contribution < -0.4 is 15.8 Å². The van der Waals surface area contributed by atoms with Crippen molar-refractivity contribution in [3.8, 4) is 5.88 Å². The normalized spacial score (nSPS) is 15.2. The Morgan fingerprint density at radius 1 is 1.20 bits per heavy atom. The third-order valence-electron chi connectivity index (χ3n) is 4.88. The van der Waals surface area contributed by atoms with Gasteiger partial charge in [0.05, 0.1) is 0 Å². The molecule has 1 aromatic heterocycles. The van der Waals surface area contributed by atoms with Gasteiger partial charge in [-0.3, -0.25) is 9.59 Å². The van der Waals surface area contributed by atoms with Gasteiger partial charge < -0.3 is 20.7 Å². The molecule has 30 heavy (non-hydrogen) atoms. The Bertz CT molecular complexity index is 875. The molecule has 8 heteroatoms. The number of ether oxygens (including phenoxy) is 1. The number of nitrogens with zero attached hydrogens (tertiary/aromatic N) is 3. The SMILES string of the molecule is CCC(=O)Nc1ccc(C(=O)N2CCCC2)cc1.Cc1cnc(N)nc1OC1CC1. The topological polar surface area (TPSA) is 110 Å². The van der Waals surface area contributed by atoms with Gasteiger partial charge in [-0.05, 0) is 56.9 Å². The second-order valence-electron chi connectivity index (χ2n) is 7.51. The van der Waals surface area contributed by atoms with Crippen molar-refractivity contribution in [2.45, 2.75) is 52.1 Å². The average molecular weight is 412 g/mol. The average Bonchev–Trinajstić information content (AvgIpc) is 3.39. The Kier molecular flexibility index (Phi) is 7.21. The van der Waals surface area contributed by atoms with E-state index in [4.69, 9.17) is 10.5 Å². The van der Waals surface area contributed by atoms with Gasteiger partial charge in [0.15, 0.2) is 0 Å². The Labute approximate surface area is 176 Å². The lowest BCUT2D eigenvalue weighted by atomic mass is 10.2. The van der Waals surface area contributed by atoms with Crippen molar-refractivity contribution in [3.05, 3.63) is 41.6 Å². The minimum atomic E-state index is -0.0198. The molecule has 0 spiro atoms. The number of aryl methyl sites for hydroxylation is 1. The van der Waals surface area contributed by atoms with Crippen LogP contribution in [-0.4, -0.2) is 45.9 Å². The number of carbonyl (C=O) groups excluding carboxylic acids is 2. The highest BCUT2D eigenvalue weighted by molar-refractivity contribution is 5.95. The number of hydrogen-bond acceptors (Lipinski definition) is 6. The summed E-state index contributed by atoms with van der Waals surface area (Å²) in [7, 11) is 0. The highest BCUT2D eigenvalue weighted by atomic mass is 16.5. The molecule has 1 aliphatic carbocycles. The van der Waals surface area contributed by atoms with Gasteiger partial charge in [-0.2, -0.15) is 4.98 Å². The van der Waals surface area contributed by atoms with Gasteiger partial charge in [-0.1, -0.05) is 6.92 Å². The zero-order valence-corrected chi connectivity index (χ0v) is 17.6. The van der Waals surface area contributed by atoms with Crippen LogP contribution in [0.4, 0.5) is 11.6 Å². The minimum Gasteiger partial charge on any atom is -0.474 e. The summed E-state index contributed by atoms with van der Waals surface area (Å²) in [6.07, 6.45) is 6.94. The number of rotatable bonds is 5. The number of carbonyl (C=O) groups is 2. The smallest absolute Gasteiger partial charge is 0.253 e. The minimum absolute atomic E-state index is 0.0198. The van der Waals surface area contributed by atoms with Crippen LogP contribution in [0.15, 0.2) is 30.5 Å². The first-order chi connectivity index (χ1) is 14.5. The zero-order chi connectivity index (χ0) is 21.5. The summed E-state index contributed by atoms with van der Waals surface area (Å²) >= 11 is 0. The maximum absolute atomic E-state index is 12.1. The molecule has 2 aliphatic rings. The fraction of sp³-hybridized carbons (Fsp3) is 0.455. The number of hydrogen-bond donors (Lipinski definition) is 2. The van der Waals surface area contributed by atoms with Crippen LogP contribution in [0.1, 0.15) is 54.9 Å². The van der Waals surface area contributed by atoms with Crippen molar-refractivity contribution >= 4 is 23.5 Å². The van der Waals surface area contributed by atoms with Crippen molar-refractivity contribution in [3.63, 3.8) is 0 Å². The summed E-state index contributed by atoms with van der Waals surface area (Å²) in [5.74, 6) is 0.968. The molecule has 3 N–H and O–H groups in total. The van der Waals surface area contributed by atoms with E-state index in [-0.39, 0.29) is 17.8 Å². The second-order valence-corrected chi connectivity index (χ2v) is 7.51. The number of nitrogen functional groups attached to an aromatic ring is 1. The Hall–Kier alpha value is -3.16. The molecule has 1 aromatic carbocycles. The lowest BCUT2D eigenvalue weighted by molar-refractivity contribution is -0.115. The van der Waals surface area contributed by atoms with Gasteiger partial charge in [-0.25, -0.2) is 4.98 Å². The number of nitrogens with one attached hydrogen (secondary N) is 1. The van der Waals surface area contributed by atoms with Crippen molar-refractivity contribution in [2.75, 3.05) is 24.1 Å². The summed E-state index contributed by atoms with van der Waals surface area (Å²) in [4.78, 5) is 33.0. The molecule has 0 radical (unpaired) electrons. The molecule has 2 fully saturated rings. The molecular formula is C22H29N5O3. The van der Waals surface area contributed by atoms with Crippen LogP contribution >= 0.6 is 0 Å². The van der Waals surface area contributed by atoms with Crippen molar-refractivity contribution < 1.29 is 14.3 Å². The third-order valence-corrected chi connectivity index (χ3v) is 4.88. The number of amides is 2. The lowest BCUT2D eigenvalue weighted by Crippen LogP contribution is -2.27. The molecule has 0 atom stereocenters. The molecular weight excluding hydrogens is 382 g/mol. The number of benzene rings is 1. The largest absolute Gasteiger partial charge is 0.474 e. The molecule has 4 rings (SSSR count). The van der Waals surface area contributed by atoms with E-state index in [9.17, 15) is 9.59 Å². The summed E-state index contributed by atoms with van der Waals surface area (Å²) in [6, 6.07) is 7.09. The van der Waals surface area contributed by atoms with E-state index in [1.54, 1.807) is 37.4 Å². The molecule has 2 aromatic rings. The first-order valence-corrected chi connectivity index (χ1v) is 10.4. The summed E-state index contributed by atoms with van der Waals surface area (Å²) in [5, 5.41) is 2.76. The summed E-state index contributed by atoms with van der Waals surface area (Å²) in [6.45, 7) is 5.43. The molecule has 8 nitrogen and oxygen atoms in total. The van der Waals surface area contributed by atoms with Crippen LogP contribution in [-0.2, 0) is 4.79 Å². The van der Waals surface area contributed by atoms with E-state index in [2.05, 4.69) is 15.3 Å². The highest BCUT2D eigenvalue weighted by Crippen LogP contribution is 2.27. The summed E-state index contributed by atoms with van der Waals surface area (Å²) < 4.78 is 5.51. The molecule has 1 saturated carbocycles. The van der Waals surface area contributed by atoms with Gasteiger partial charge in [0.2, 0.25) is 17.7 Å². The van der Waals surface area contributed by atoms with E-state index in [1.165, 1.54) is 0 Å². The van der Waals surface area contributed by atoms with E-state index >= 15 is 0 Å². The summed E-state index contributed by atoms with van der Waals surface area (Å²) in [5.41, 5.74) is 7.78. The van der Waals surface area contributed by atoms with E-state index < -0.39 is 0 Å². The fourth-order valence-electron chi connectivity index (χ4n) is 2.95. The molecule has 0 unspecified atom stereocenters. The Morgan fingerprint density at radius 2 is 1.87 bits per heavy atom. The number of anilines is 2. The Morgan fingerprint density at radius 3 is 2.47 bits per heavy atom. The predicted molar refractivity (Wildman–Crippen MR) is 115 cm³/mol. The maximum Gasteiger partial charge on any atom is 0.253 e. The number of nitrogens with two attached hydrogens (primary N) is 1. The first kappa shape index (κ1) is 21.5. The number of likely N-dealkylation sites (tertiary alicyclic amines) is 1. The molecule has 0 bridgehead atoms. The van der Waals surface area contributed by atoms with Crippen LogP contribution in [0.2, 0.25) is 0 Å². The van der Waals surface area contributed by atoms with Crippen molar-refractivity contribution in [2.24, 2.45) is 0 Å². The van der Waals surface area contributed by atoms with Gasteiger partial charge in [0.25, 0.3) is 5.91 Å². The first-order valence-electron chi connectivity index (χ1n) is 10.4. The molecule has 2 amide bonds. The van der Waals surface area contributed by atoms with Gasteiger partial charge in [-0.15, -0.1) is 0 Å². The van der Waals surface area contributed by atoms with Crippen LogP contribution in [0, 0.1) is 6.92 Å². The molecule has 2 heterocycles. The van der Waals surface area contributed by atoms with Crippen LogP contribution in [0.5, 0.6) is 5.88 Å². The zero-order valence-electron chi connectivity index (χ0n) is 17.6. The Balaban J connectivity index is 0.000000184. The van der Waals surface area contributed by atoms with Crippen molar-refractivity contribution in [1.29, 1.82) is 0 Å². The van der Waals surface area contributed by atoms with Gasteiger partial charge in [0.1, 0.15) is 6.10 Å². The van der Waals surface area contributed by atoms with E-state index in [0.29, 0.717) is 24.0 Å². The highest BCUT2D eigenvalue weighted by Gasteiger charge is 2.24. The van der Waals surface area contributed by atoms with Gasteiger partial charge in [0, 0.05) is 42.5 Å². The molecule has 160 valence electrons. The standard InChI is InChI=1S/C14H18N2O2.C8H11N3O/c1-2-13(17)15-12-7-5-11(6-8-12)14(18)16-9-3-4-10-16;1-5-4-10-8(9)11-7(5)12-6-2-3-6/h5-8H,2-4,9-10H2,1H3,(H,15,17);4,6H,2-3H2,1H3,(H2,9,10,11). The van der Waals surface area contributed by atoms with E-state index in [0.717, 1.165) is 50.0 Å². The van der Waals surface area contributed by atoms with Crippen LogP contribution in [0.3, 0.4) is 0 Å². The van der Waals surface area contributed by atoms with Gasteiger partial charge >= 0.3 is 0 Å². The molecule has 1 saturated heterocycles. The maximum atomic E-state index is 12.1.